The summed E-state index contributed by atoms with van der Waals surface area (Å²) in [7, 11) is 0. The van der Waals surface area contributed by atoms with Crippen LogP contribution >= 0.6 is 27.5 Å². The largest absolute Gasteiger partial charge is 0.395 e. The maximum absolute atomic E-state index is 10.9. The van der Waals surface area contributed by atoms with E-state index in [1.807, 2.05) is 32.0 Å². The van der Waals surface area contributed by atoms with Crippen LogP contribution in [0.4, 0.5) is 22.7 Å². The molecule has 26 heavy (non-hydrogen) atoms. The molecule has 2 aromatic rings. The molecule has 0 aliphatic rings. The van der Waals surface area contributed by atoms with Gasteiger partial charge in [0.25, 0.3) is 5.69 Å². The fourth-order valence-electron chi connectivity index (χ4n) is 2.40. The van der Waals surface area contributed by atoms with E-state index in [1.165, 1.54) is 12.1 Å². The molecule has 0 aliphatic heterocycles. The zero-order valence-corrected chi connectivity index (χ0v) is 16.7. The van der Waals surface area contributed by atoms with E-state index in [1.54, 1.807) is 0 Å². The quantitative estimate of drug-likeness (QED) is 0.346. The number of anilines is 1. The van der Waals surface area contributed by atoms with E-state index in [0.29, 0.717) is 22.4 Å². The molecule has 0 radical (unpaired) electrons. The standard InChI is InChI=1S/C17H18BrClN4O3/c1-3-22(6-7-24)12-4-5-16(11(2)8-12)20-21-17-14(18)9-13(23(25)26)10-15(17)19/h4-5,8-10,24H,3,6-7H2,1-2H3. The SMILES string of the molecule is CCN(CCO)c1ccc(N=Nc2c(Cl)cc([N+](=O)[O-])cc2Br)c(C)c1. The molecule has 0 heterocycles. The summed E-state index contributed by atoms with van der Waals surface area (Å²) in [6.45, 7) is 5.36. The molecule has 138 valence electrons. The third kappa shape index (κ3) is 4.78. The zero-order chi connectivity index (χ0) is 19.3. The molecule has 0 aliphatic carbocycles. The van der Waals surface area contributed by atoms with Gasteiger partial charge in [0, 0.05) is 30.9 Å². The molecule has 0 fully saturated rings. The number of aliphatic hydroxyl groups is 1. The summed E-state index contributed by atoms with van der Waals surface area (Å²) in [5.74, 6) is 0. The monoisotopic (exact) mass is 440 g/mol. The number of hydrogen-bond donors (Lipinski definition) is 1. The lowest BCUT2D eigenvalue weighted by Crippen LogP contribution is -2.26. The number of benzene rings is 2. The topological polar surface area (TPSA) is 91.3 Å². The first-order valence-corrected chi connectivity index (χ1v) is 9.06. The highest BCUT2D eigenvalue weighted by atomic mass is 79.9. The van der Waals surface area contributed by atoms with Crippen LogP contribution in [0.1, 0.15) is 12.5 Å². The second kappa shape index (κ2) is 9.07. The van der Waals surface area contributed by atoms with Gasteiger partial charge in [-0.25, -0.2) is 0 Å². The molecule has 7 nitrogen and oxygen atoms in total. The number of likely N-dealkylation sites (N-methyl/N-ethyl adjacent to an activating group) is 1. The van der Waals surface area contributed by atoms with Crippen LogP contribution in [0.2, 0.25) is 5.02 Å². The van der Waals surface area contributed by atoms with Crippen molar-refractivity contribution >= 4 is 50.3 Å². The Balaban J connectivity index is 2.30. The lowest BCUT2D eigenvalue weighted by atomic mass is 10.1. The highest BCUT2D eigenvalue weighted by Gasteiger charge is 2.14. The van der Waals surface area contributed by atoms with E-state index in [2.05, 4.69) is 31.1 Å². The summed E-state index contributed by atoms with van der Waals surface area (Å²) >= 11 is 9.33. The Labute approximate surface area is 164 Å². The predicted octanol–water partition coefficient (Wildman–Crippen LogP) is 5.55. The van der Waals surface area contributed by atoms with Crippen molar-refractivity contribution in [1.82, 2.24) is 0 Å². The first kappa shape index (κ1) is 20.3. The summed E-state index contributed by atoms with van der Waals surface area (Å²) in [6, 6.07) is 8.29. The molecule has 0 saturated carbocycles. The van der Waals surface area contributed by atoms with Crippen molar-refractivity contribution in [3.8, 4) is 0 Å². The van der Waals surface area contributed by atoms with Gasteiger partial charge in [-0.05, 0) is 53.5 Å². The summed E-state index contributed by atoms with van der Waals surface area (Å²) < 4.78 is 0.398. The van der Waals surface area contributed by atoms with Crippen LogP contribution in [-0.4, -0.2) is 29.7 Å². The average Bonchev–Trinajstić information content (AvgIpc) is 2.59. The summed E-state index contributed by atoms with van der Waals surface area (Å²) in [4.78, 5) is 12.4. The maximum Gasteiger partial charge on any atom is 0.272 e. The Morgan fingerprint density at radius 2 is 2.04 bits per heavy atom. The number of halogens is 2. The van der Waals surface area contributed by atoms with Crippen LogP contribution in [0.15, 0.2) is 45.0 Å². The minimum Gasteiger partial charge on any atom is -0.395 e. The molecule has 0 unspecified atom stereocenters. The highest BCUT2D eigenvalue weighted by molar-refractivity contribution is 9.10. The molecule has 0 spiro atoms. The van der Waals surface area contributed by atoms with Crippen LogP contribution in [0, 0.1) is 17.0 Å². The molecule has 0 atom stereocenters. The van der Waals surface area contributed by atoms with E-state index in [9.17, 15) is 10.1 Å². The van der Waals surface area contributed by atoms with Gasteiger partial charge in [0.15, 0.2) is 0 Å². The minimum atomic E-state index is -0.522. The zero-order valence-electron chi connectivity index (χ0n) is 14.3. The summed E-state index contributed by atoms with van der Waals surface area (Å²) in [5.41, 5.74) is 2.78. The number of rotatable bonds is 7. The van der Waals surface area contributed by atoms with E-state index in [0.717, 1.165) is 17.8 Å². The number of nitrogens with zero attached hydrogens (tertiary/aromatic N) is 4. The molecule has 0 amide bonds. The number of nitro groups is 1. The first-order chi connectivity index (χ1) is 12.4. The van der Waals surface area contributed by atoms with Crippen molar-refractivity contribution in [2.24, 2.45) is 10.2 Å². The lowest BCUT2D eigenvalue weighted by molar-refractivity contribution is -0.384. The summed E-state index contributed by atoms with van der Waals surface area (Å²) in [5, 5.41) is 28.5. The number of aryl methyl sites for hydroxylation is 1. The number of azo groups is 1. The Kier molecular flexibility index (Phi) is 7.07. The molecular weight excluding hydrogens is 424 g/mol. The smallest absolute Gasteiger partial charge is 0.272 e. The van der Waals surface area contributed by atoms with Crippen molar-refractivity contribution in [2.45, 2.75) is 13.8 Å². The van der Waals surface area contributed by atoms with Gasteiger partial charge < -0.3 is 10.0 Å². The Morgan fingerprint density at radius 3 is 2.58 bits per heavy atom. The number of non-ortho nitro benzene ring substituents is 1. The van der Waals surface area contributed by atoms with Crippen molar-refractivity contribution in [3.63, 3.8) is 0 Å². The maximum atomic E-state index is 10.9. The Hall–Kier alpha value is -2.03. The normalized spacial score (nSPS) is 11.1. The van der Waals surface area contributed by atoms with E-state index >= 15 is 0 Å². The first-order valence-electron chi connectivity index (χ1n) is 7.89. The number of aliphatic hydroxyl groups excluding tert-OH is 1. The predicted molar refractivity (Wildman–Crippen MR) is 106 cm³/mol. The lowest BCUT2D eigenvalue weighted by Gasteiger charge is -2.22. The number of nitro benzene ring substituents is 1. The fourth-order valence-corrected chi connectivity index (χ4v) is 3.29. The van der Waals surface area contributed by atoms with E-state index < -0.39 is 4.92 Å². The third-order valence-electron chi connectivity index (χ3n) is 3.77. The minimum absolute atomic E-state index is 0.0843. The molecule has 0 bridgehead atoms. The Morgan fingerprint density at radius 1 is 1.31 bits per heavy atom. The van der Waals surface area contributed by atoms with Crippen molar-refractivity contribution in [2.75, 3.05) is 24.6 Å². The van der Waals surface area contributed by atoms with Gasteiger partial charge in [-0.15, -0.1) is 5.11 Å². The molecule has 0 aromatic heterocycles. The van der Waals surface area contributed by atoms with Crippen LogP contribution in [-0.2, 0) is 0 Å². The van der Waals surface area contributed by atoms with E-state index in [4.69, 9.17) is 16.7 Å². The highest BCUT2D eigenvalue weighted by Crippen LogP contribution is 2.38. The van der Waals surface area contributed by atoms with Gasteiger partial charge >= 0.3 is 0 Å². The van der Waals surface area contributed by atoms with Crippen molar-refractivity contribution in [3.05, 3.63) is 55.5 Å². The van der Waals surface area contributed by atoms with Gasteiger partial charge in [0.05, 0.1) is 26.7 Å². The van der Waals surface area contributed by atoms with Gasteiger partial charge in [0.1, 0.15) is 5.69 Å². The van der Waals surface area contributed by atoms with Crippen molar-refractivity contribution in [1.29, 1.82) is 0 Å². The fraction of sp³-hybridized carbons (Fsp3) is 0.294. The van der Waals surface area contributed by atoms with Gasteiger partial charge in [0.2, 0.25) is 0 Å². The van der Waals surface area contributed by atoms with Crippen LogP contribution in [0.25, 0.3) is 0 Å². The van der Waals surface area contributed by atoms with Crippen LogP contribution < -0.4 is 4.90 Å². The van der Waals surface area contributed by atoms with E-state index in [-0.39, 0.29) is 17.3 Å². The molecule has 0 saturated heterocycles. The molecular formula is C17H18BrClN4O3. The van der Waals surface area contributed by atoms with Crippen molar-refractivity contribution < 1.29 is 10.0 Å². The second-order valence-corrected chi connectivity index (χ2v) is 6.75. The third-order valence-corrected chi connectivity index (χ3v) is 4.66. The summed E-state index contributed by atoms with van der Waals surface area (Å²) in [6.07, 6.45) is 0. The molecule has 2 aromatic carbocycles. The molecule has 1 N–H and O–H groups in total. The second-order valence-electron chi connectivity index (χ2n) is 5.49. The average molecular weight is 442 g/mol. The van der Waals surface area contributed by atoms with Crippen LogP contribution in [0.5, 0.6) is 0 Å². The molecule has 2 rings (SSSR count). The van der Waals surface area contributed by atoms with Gasteiger partial charge in [-0.1, -0.05) is 11.6 Å². The van der Waals surface area contributed by atoms with Gasteiger partial charge in [-0.2, -0.15) is 5.11 Å². The van der Waals surface area contributed by atoms with Crippen LogP contribution in [0.3, 0.4) is 0 Å². The number of hydrogen-bond acceptors (Lipinski definition) is 6. The molecule has 9 heteroatoms. The Bertz CT molecular complexity index is 822. The van der Waals surface area contributed by atoms with Gasteiger partial charge in [-0.3, -0.25) is 10.1 Å².